The van der Waals surface area contributed by atoms with Crippen molar-refractivity contribution in [1.82, 2.24) is 5.43 Å². The molecule has 0 aliphatic heterocycles. The van der Waals surface area contributed by atoms with Crippen LogP contribution >= 0.6 is 0 Å². The quantitative estimate of drug-likeness (QED) is 0.418. The van der Waals surface area contributed by atoms with Crippen LogP contribution in [0.1, 0.15) is 16.7 Å². The number of hydrogen-bond donors (Lipinski definition) is 2. The fourth-order valence-corrected chi connectivity index (χ4v) is 2.20. The lowest BCUT2D eigenvalue weighted by Crippen LogP contribution is -2.24. The number of hydrogen-bond acceptors (Lipinski definition) is 8. The highest BCUT2D eigenvalue weighted by atomic mass is 16.6. The number of amides is 1. The summed E-state index contributed by atoms with van der Waals surface area (Å²) in [5, 5.41) is 35.1. The van der Waals surface area contributed by atoms with Crippen molar-refractivity contribution in [3.05, 3.63) is 67.3 Å². The number of carbonyl (C=O) groups is 1. The fraction of sp³-hybridized carbons (Fsp3) is 0.176. The van der Waals surface area contributed by atoms with E-state index < -0.39 is 32.9 Å². The molecule has 2 aromatic rings. The average Bonchev–Trinajstić information content (AvgIpc) is 2.63. The molecule has 0 saturated carbocycles. The average molecular weight is 388 g/mol. The molecule has 2 N–H and O–H groups in total. The number of hydrazone groups is 1. The molecule has 2 rings (SSSR count). The van der Waals surface area contributed by atoms with E-state index >= 15 is 0 Å². The van der Waals surface area contributed by atoms with Crippen molar-refractivity contribution in [2.45, 2.75) is 13.8 Å². The molecule has 2 aromatic carbocycles. The highest BCUT2D eigenvalue weighted by Gasteiger charge is 2.23. The minimum Gasteiger partial charge on any atom is -0.502 e. The summed E-state index contributed by atoms with van der Waals surface area (Å²) in [4.78, 5) is 31.8. The zero-order valence-electron chi connectivity index (χ0n) is 14.9. The zero-order chi connectivity index (χ0) is 20.8. The van der Waals surface area contributed by atoms with Gasteiger partial charge in [-0.25, -0.2) is 5.43 Å². The maximum atomic E-state index is 11.8. The van der Waals surface area contributed by atoms with Gasteiger partial charge in [0.2, 0.25) is 5.75 Å². The first-order valence-electron chi connectivity index (χ1n) is 7.87. The topological polar surface area (TPSA) is 157 Å². The maximum absolute atomic E-state index is 11.8. The van der Waals surface area contributed by atoms with Crippen molar-refractivity contribution in [2.24, 2.45) is 5.10 Å². The van der Waals surface area contributed by atoms with Crippen molar-refractivity contribution in [2.75, 3.05) is 6.61 Å². The SMILES string of the molecule is Cc1cccc(OCC(=O)N/N=C/c2cc([N+](=O)[O-])cc([N+](=O)[O-])c2O)c1C. The van der Waals surface area contributed by atoms with Crippen LogP contribution in [0, 0.1) is 34.1 Å². The highest BCUT2D eigenvalue weighted by Crippen LogP contribution is 2.33. The first-order valence-corrected chi connectivity index (χ1v) is 7.87. The first-order chi connectivity index (χ1) is 13.2. The molecule has 0 atom stereocenters. The summed E-state index contributed by atoms with van der Waals surface area (Å²) in [6, 6.07) is 6.91. The van der Waals surface area contributed by atoms with Crippen LogP contribution in [0.4, 0.5) is 11.4 Å². The Kier molecular flexibility index (Phi) is 6.22. The van der Waals surface area contributed by atoms with E-state index in [0.29, 0.717) is 11.8 Å². The molecule has 0 spiro atoms. The Morgan fingerprint density at radius 2 is 1.96 bits per heavy atom. The van der Waals surface area contributed by atoms with Crippen molar-refractivity contribution < 1.29 is 24.5 Å². The number of aryl methyl sites for hydroxylation is 1. The lowest BCUT2D eigenvalue weighted by Gasteiger charge is -2.09. The van der Waals surface area contributed by atoms with Gasteiger partial charge < -0.3 is 9.84 Å². The standard InChI is InChI=1S/C17H16N4O7/c1-10-4-3-5-15(11(10)2)28-9-16(22)19-18-8-12-6-13(20(24)25)7-14(17(12)23)21(26)27/h3-8,23H,9H2,1-2H3,(H,19,22)/b18-8+. The lowest BCUT2D eigenvalue weighted by molar-refractivity contribution is -0.394. The summed E-state index contributed by atoms with van der Waals surface area (Å²) < 4.78 is 5.39. The van der Waals surface area contributed by atoms with E-state index in [1.807, 2.05) is 19.9 Å². The fourth-order valence-electron chi connectivity index (χ4n) is 2.20. The third-order valence-electron chi connectivity index (χ3n) is 3.82. The van der Waals surface area contributed by atoms with E-state index in [0.717, 1.165) is 23.4 Å². The molecule has 146 valence electrons. The van der Waals surface area contributed by atoms with E-state index in [9.17, 15) is 30.1 Å². The number of phenolic OH excluding ortho intramolecular Hbond substituents is 1. The van der Waals surface area contributed by atoms with Gasteiger partial charge in [0.15, 0.2) is 6.61 Å². The van der Waals surface area contributed by atoms with Crippen LogP contribution in [0.5, 0.6) is 11.5 Å². The largest absolute Gasteiger partial charge is 0.502 e. The van der Waals surface area contributed by atoms with Crippen LogP contribution in [0.15, 0.2) is 35.4 Å². The maximum Gasteiger partial charge on any atom is 0.318 e. The molecule has 1 amide bonds. The summed E-state index contributed by atoms with van der Waals surface area (Å²) in [7, 11) is 0. The van der Waals surface area contributed by atoms with E-state index in [-0.39, 0.29) is 12.2 Å². The van der Waals surface area contributed by atoms with Gasteiger partial charge in [-0.15, -0.1) is 0 Å². The number of nitrogens with zero attached hydrogens (tertiary/aromatic N) is 3. The number of nitrogens with one attached hydrogen (secondary N) is 1. The molecule has 11 nitrogen and oxygen atoms in total. The molecule has 0 radical (unpaired) electrons. The third-order valence-corrected chi connectivity index (χ3v) is 3.82. The normalized spacial score (nSPS) is 10.6. The molecular formula is C17H16N4O7. The van der Waals surface area contributed by atoms with Gasteiger partial charge >= 0.3 is 5.69 Å². The van der Waals surface area contributed by atoms with E-state index in [1.54, 1.807) is 12.1 Å². The van der Waals surface area contributed by atoms with Gasteiger partial charge in [0.1, 0.15) is 5.75 Å². The minimum atomic E-state index is -0.962. The molecule has 0 bridgehead atoms. The molecular weight excluding hydrogens is 372 g/mol. The molecule has 11 heteroatoms. The predicted octanol–water partition coefficient (Wildman–Crippen LogP) is 2.35. The van der Waals surface area contributed by atoms with Crippen LogP contribution < -0.4 is 10.2 Å². The third kappa shape index (κ3) is 4.78. The number of benzene rings is 2. The Morgan fingerprint density at radius 1 is 1.25 bits per heavy atom. The van der Waals surface area contributed by atoms with E-state index in [1.165, 1.54) is 0 Å². The van der Waals surface area contributed by atoms with Crippen molar-refractivity contribution in [3.63, 3.8) is 0 Å². The number of nitro benzene ring substituents is 2. The first kappa shape index (κ1) is 20.3. The Labute approximate surface area is 158 Å². The van der Waals surface area contributed by atoms with Gasteiger partial charge in [0.25, 0.3) is 11.6 Å². The molecule has 0 fully saturated rings. The Bertz CT molecular complexity index is 972. The van der Waals surface area contributed by atoms with Crippen LogP contribution in [0.25, 0.3) is 0 Å². The summed E-state index contributed by atoms with van der Waals surface area (Å²) >= 11 is 0. The summed E-state index contributed by atoms with van der Waals surface area (Å²) in [6.45, 7) is 3.40. The van der Waals surface area contributed by atoms with Gasteiger partial charge in [-0.1, -0.05) is 12.1 Å². The van der Waals surface area contributed by atoms with E-state index in [2.05, 4.69) is 10.5 Å². The van der Waals surface area contributed by atoms with Gasteiger partial charge in [0.05, 0.1) is 27.7 Å². The number of non-ortho nitro benzene ring substituents is 1. The minimum absolute atomic E-state index is 0.295. The number of carbonyl (C=O) groups excluding carboxylic acids is 1. The summed E-state index contributed by atoms with van der Waals surface area (Å²) in [5.41, 5.74) is 2.25. The van der Waals surface area contributed by atoms with Crippen molar-refractivity contribution >= 4 is 23.5 Å². The second-order valence-electron chi connectivity index (χ2n) is 5.70. The lowest BCUT2D eigenvalue weighted by atomic mass is 10.1. The van der Waals surface area contributed by atoms with Crippen LogP contribution in [-0.2, 0) is 4.79 Å². The van der Waals surface area contributed by atoms with Crippen molar-refractivity contribution in [1.29, 1.82) is 0 Å². The molecule has 0 unspecified atom stereocenters. The van der Waals surface area contributed by atoms with Crippen LogP contribution in [0.3, 0.4) is 0 Å². The number of ether oxygens (including phenoxy) is 1. The predicted molar refractivity (Wildman–Crippen MR) is 98.6 cm³/mol. The number of nitro groups is 2. The second-order valence-corrected chi connectivity index (χ2v) is 5.70. The van der Waals surface area contributed by atoms with Crippen molar-refractivity contribution in [3.8, 4) is 11.5 Å². The number of phenols is 1. The zero-order valence-corrected chi connectivity index (χ0v) is 14.9. The van der Waals surface area contributed by atoms with Crippen LogP contribution in [0.2, 0.25) is 0 Å². The molecule has 0 aliphatic rings. The smallest absolute Gasteiger partial charge is 0.318 e. The monoisotopic (exact) mass is 388 g/mol. The second kappa shape index (κ2) is 8.58. The molecule has 28 heavy (non-hydrogen) atoms. The molecule has 0 saturated heterocycles. The number of aromatic hydroxyl groups is 1. The van der Waals surface area contributed by atoms with Gasteiger partial charge in [-0.2, -0.15) is 5.10 Å². The molecule has 0 aliphatic carbocycles. The Balaban J connectivity index is 2.07. The van der Waals surface area contributed by atoms with Gasteiger partial charge in [0, 0.05) is 6.07 Å². The molecule has 0 aromatic heterocycles. The Morgan fingerprint density at radius 3 is 2.61 bits per heavy atom. The number of rotatable bonds is 7. The molecule has 0 heterocycles. The highest BCUT2D eigenvalue weighted by molar-refractivity contribution is 5.88. The summed E-state index contributed by atoms with van der Waals surface area (Å²) in [6.07, 6.45) is 0.866. The Hall–Kier alpha value is -4.02. The van der Waals surface area contributed by atoms with Gasteiger partial charge in [-0.3, -0.25) is 25.0 Å². The van der Waals surface area contributed by atoms with Crippen LogP contribution in [-0.4, -0.2) is 33.7 Å². The van der Waals surface area contributed by atoms with E-state index in [4.69, 9.17) is 4.74 Å². The van der Waals surface area contributed by atoms with Gasteiger partial charge in [-0.05, 0) is 31.0 Å². The summed E-state index contributed by atoms with van der Waals surface area (Å²) in [5.74, 6) is -0.900.